The van der Waals surface area contributed by atoms with E-state index in [9.17, 15) is 19.1 Å². The van der Waals surface area contributed by atoms with Gasteiger partial charge in [-0.15, -0.1) is 11.6 Å². The third-order valence-electron chi connectivity index (χ3n) is 4.00. The summed E-state index contributed by atoms with van der Waals surface area (Å²) in [4.78, 5) is 27.1. The lowest BCUT2D eigenvalue weighted by Gasteiger charge is -2.36. The van der Waals surface area contributed by atoms with Crippen molar-refractivity contribution < 1.29 is 23.8 Å². The van der Waals surface area contributed by atoms with E-state index in [4.69, 9.17) is 32.5 Å². The molecule has 9 nitrogen and oxygen atoms in total. The van der Waals surface area contributed by atoms with Crippen molar-refractivity contribution in [3.63, 3.8) is 0 Å². The summed E-state index contributed by atoms with van der Waals surface area (Å²) in [6.45, 7) is 2.89. The SMILES string of the molecule is CO[C@](CCl)(COC(=O)C(N)C(C)C)[C@@H](O)[C@@H](F)n1ccc(N)nc1=O. The highest BCUT2D eigenvalue weighted by Crippen LogP contribution is 2.27. The third kappa shape index (κ3) is 4.91. The monoisotopic (exact) mass is 394 g/mol. The van der Waals surface area contributed by atoms with Crippen molar-refractivity contribution in [3.05, 3.63) is 22.7 Å². The minimum absolute atomic E-state index is 0.0973. The molecular weight excluding hydrogens is 371 g/mol. The number of carbonyl (C=O) groups is 1. The topological polar surface area (TPSA) is 143 Å². The first-order valence-corrected chi connectivity index (χ1v) is 8.33. The maximum Gasteiger partial charge on any atom is 0.351 e. The van der Waals surface area contributed by atoms with Gasteiger partial charge >= 0.3 is 11.7 Å². The summed E-state index contributed by atoms with van der Waals surface area (Å²) < 4.78 is 25.5. The molecule has 1 aromatic heterocycles. The Kier molecular flexibility index (Phi) is 7.94. The second kappa shape index (κ2) is 9.26. The van der Waals surface area contributed by atoms with Crippen molar-refractivity contribution in [1.29, 1.82) is 0 Å². The number of carbonyl (C=O) groups excluding carboxylic acids is 1. The zero-order valence-corrected chi connectivity index (χ0v) is 15.5. The maximum atomic E-state index is 14.7. The van der Waals surface area contributed by atoms with Crippen molar-refractivity contribution in [2.24, 2.45) is 11.7 Å². The largest absolute Gasteiger partial charge is 0.461 e. The van der Waals surface area contributed by atoms with Gasteiger partial charge in [0.1, 0.15) is 30.2 Å². The average molecular weight is 395 g/mol. The van der Waals surface area contributed by atoms with Crippen molar-refractivity contribution in [2.45, 2.75) is 37.9 Å². The van der Waals surface area contributed by atoms with Gasteiger partial charge in [0, 0.05) is 13.3 Å². The summed E-state index contributed by atoms with van der Waals surface area (Å²) in [6.07, 6.45) is -3.18. The highest BCUT2D eigenvalue weighted by atomic mass is 35.5. The molecule has 0 aliphatic rings. The molecule has 1 unspecified atom stereocenters. The number of anilines is 1. The standard InChI is InChI=1S/C15H24ClFN4O5/c1-8(2)10(19)13(23)26-7-15(6-16,25-3)11(22)12(17)21-5-4-9(18)20-14(21)24/h4-5,8,10-12,22H,6-7,19H2,1-3H3,(H2,18,20,24)/t10?,11-,12-,15+/m0/s1. The molecule has 0 saturated carbocycles. The van der Waals surface area contributed by atoms with E-state index in [1.54, 1.807) is 13.8 Å². The number of rotatable bonds is 9. The van der Waals surface area contributed by atoms with Crippen molar-refractivity contribution in [3.8, 4) is 0 Å². The molecule has 5 N–H and O–H groups in total. The molecule has 0 bridgehead atoms. The van der Waals surface area contributed by atoms with Crippen LogP contribution in [0.3, 0.4) is 0 Å². The van der Waals surface area contributed by atoms with Crippen LogP contribution in [-0.4, -0.2) is 58.0 Å². The number of nitrogens with two attached hydrogens (primary N) is 2. The number of alkyl halides is 2. The first kappa shape index (κ1) is 22.3. The van der Waals surface area contributed by atoms with Gasteiger partial charge in [-0.25, -0.2) is 9.18 Å². The van der Waals surface area contributed by atoms with E-state index in [1.807, 2.05) is 0 Å². The molecule has 26 heavy (non-hydrogen) atoms. The molecule has 1 rings (SSSR count). The summed E-state index contributed by atoms with van der Waals surface area (Å²) in [5.74, 6) is -1.46. The Balaban J connectivity index is 3.02. The number of methoxy groups -OCH3 is 1. The molecule has 0 saturated heterocycles. The number of halogens is 2. The summed E-state index contributed by atoms with van der Waals surface area (Å²) in [6, 6.07) is 0.291. The quantitative estimate of drug-likeness (QED) is 0.386. The number of hydrogen-bond acceptors (Lipinski definition) is 8. The van der Waals surface area contributed by atoms with E-state index in [0.29, 0.717) is 4.57 Å². The predicted molar refractivity (Wildman–Crippen MR) is 93.3 cm³/mol. The Labute approximate surface area is 155 Å². The zero-order chi connectivity index (χ0) is 20.1. The summed E-state index contributed by atoms with van der Waals surface area (Å²) in [7, 11) is 1.17. The third-order valence-corrected chi connectivity index (χ3v) is 4.45. The minimum Gasteiger partial charge on any atom is -0.461 e. The van der Waals surface area contributed by atoms with Gasteiger partial charge in [-0.05, 0) is 12.0 Å². The van der Waals surface area contributed by atoms with E-state index < -0.39 is 48.2 Å². The Morgan fingerprint density at radius 2 is 2.15 bits per heavy atom. The second-order valence-electron chi connectivity index (χ2n) is 6.14. The van der Waals surface area contributed by atoms with Crippen molar-refractivity contribution in [2.75, 3.05) is 25.3 Å². The van der Waals surface area contributed by atoms with Crippen LogP contribution in [0.2, 0.25) is 0 Å². The first-order chi connectivity index (χ1) is 12.1. The van der Waals surface area contributed by atoms with Crippen LogP contribution >= 0.6 is 11.6 Å². The zero-order valence-electron chi connectivity index (χ0n) is 14.8. The minimum atomic E-state index is -2.27. The number of ether oxygens (including phenoxy) is 2. The molecule has 11 heteroatoms. The number of esters is 1. The van der Waals surface area contributed by atoms with E-state index >= 15 is 0 Å². The van der Waals surface area contributed by atoms with Crippen LogP contribution in [0.5, 0.6) is 0 Å². The lowest BCUT2D eigenvalue weighted by atomic mass is 9.98. The Morgan fingerprint density at radius 1 is 1.54 bits per heavy atom. The number of hydrogen-bond donors (Lipinski definition) is 3. The fourth-order valence-electron chi connectivity index (χ4n) is 2.02. The molecule has 0 fully saturated rings. The molecule has 1 heterocycles. The van der Waals surface area contributed by atoms with Crippen molar-refractivity contribution in [1.82, 2.24) is 9.55 Å². The van der Waals surface area contributed by atoms with E-state index in [-0.39, 0.29) is 11.7 Å². The van der Waals surface area contributed by atoms with E-state index in [0.717, 1.165) is 6.20 Å². The summed E-state index contributed by atoms with van der Waals surface area (Å²) >= 11 is 5.84. The molecule has 4 atom stereocenters. The van der Waals surface area contributed by atoms with Crippen LogP contribution in [0.4, 0.5) is 10.2 Å². The normalized spacial score (nSPS) is 17.4. The number of aliphatic hydroxyl groups is 1. The molecule has 0 amide bonds. The van der Waals surface area contributed by atoms with Crippen LogP contribution in [0.15, 0.2) is 17.1 Å². The number of aromatic nitrogens is 2. The van der Waals surface area contributed by atoms with E-state index in [1.165, 1.54) is 13.2 Å². The van der Waals surface area contributed by atoms with Gasteiger partial charge in [-0.3, -0.25) is 9.36 Å². The van der Waals surface area contributed by atoms with Gasteiger partial charge < -0.3 is 26.0 Å². The molecular formula is C15H24ClFN4O5. The number of nitrogen functional groups attached to an aromatic ring is 1. The highest BCUT2D eigenvalue weighted by molar-refractivity contribution is 6.18. The van der Waals surface area contributed by atoms with Gasteiger partial charge in [0.2, 0.25) is 6.30 Å². The fourth-order valence-corrected chi connectivity index (χ4v) is 2.36. The van der Waals surface area contributed by atoms with Gasteiger partial charge in [-0.1, -0.05) is 13.8 Å². The average Bonchev–Trinajstić information content (AvgIpc) is 2.61. The summed E-state index contributed by atoms with van der Waals surface area (Å²) in [5, 5.41) is 10.4. The molecule has 0 aromatic carbocycles. The fraction of sp³-hybridized carbons (Fsp3) is 0.667. The molecule has 0 aliphatic heterocycles. The number of nitrogens with zero attached hydrogens (tertiary/aromatic N) is 2. The molecule has 0 spiro atoms. The van der Waals surface area contributed by atoms with Gasteiger partial charge in [0.15, 0.2) is 0 Å². The first-order valence-electron chi connectivity index (χ1n) is 7.79. The second-order valence-corrected chi connectivity index (χ2v) is 6.41. The van der Waals surface area contributed by atoms with Gasteiger partial charge in [0.05, 0.1) is 5.88 Å². The van der Waals surface area contributed by atoms with Crippen LogP contribution in [0, 0.1) is 5.92 Å². The molecule has 148 valence electrons. The molecule has 0 aliphatic carbocycles. The Hall–Kier alpha value is -1.75. The number of aliphatic hydroxyl groups excluding tert-OH is 1. The van der Waals surface area contributed by atoms with Crippen LogP contribution < -0.4 is 17.2 Å². The molecule has 1 aromatic rings. The van der Waals surface area contributed by atoms with Gasteiger partial charge in [-0.2, -0.15) is 4.98 Å². The molecule has 0 radical (unpaired) electrons. The lowest BCUT2D eigenvalue weighted by molar-refractivity contribution is -0.177. The van der Waals surface area contributed by atoms with Gasteiger partial charge in [0.25, 0.3) is 0 Å². The van der Waals surface area contributed by atoms with Crippen LogP contribution in [-0.2, 0) is 14.3 Å². The highest BCUT2D eigenvalue weighted by Gasteiger charge is 2.45. The smallest absolute Gasteiger partial charge is 0.351 e. The maximum absolute atomic E-state index is 14.7. The Morgan fingerprint density at radius 3 is 2.62 bits per heavy atom. The summed E-state index contributed by atoms with van der Waals surface area (Å²) in [5.41, 5.74) is 8.22. The van der Waals surface area contributed by atoms with Crippen LogP contribution in [0.1, 0.15) is 20.1 Å². The van der Waals surface area contributed by atoms with E-state index in [2.05, 4.69) is 4.98 Å². The van der Waals surface area contributed by atoms with Crippen LogP contribution in [0.25, 0.3) is 0 Å². The van der Waals surface area contributed by atoms with Crippen molar-refractivity contribution >= 4 is 23.4 Å². The Bertz CT molecular complexity index is 668. The predicted octanol–water partition coefficient (Wildman–Crippen LogP) is -0.195. The lowest BCUT2D eigenvalue weighted by Crippen LogP contribution is -2.55.